The Kier molecular flexibility index (Phi) is 5.00. The molecule has 0 aliphatic heterocycles. The fourth-order valence-electron chi connectivity index (χ4n) is 4.75. The van der Waals surface area contributed by atoms with E-state index in [2.05, 4.69) is 10.4 Å². The molecular weight excluding hydrogens is 452 g/mol. The molecule has 176 valence electrons. The molecular formula is C28H23N6O2+. The van der Waals surface area contributed by atoms with Gasteiger partial charge in [-0.25, -0.2) is 0 Å². The number of hydrogen-bond acceptors (Lipinski definition) is 4. The molecule has 0 bridgehead atoms. The molecule has 0 aliphatic carbocycles. The molecule has 6 aromatic rings. The number of nitrogens with two attached hydrogens (primary N) is 1. The van der Waals surface area contributed by atoms with Crippen LogP contribution in [0.2, 0.25) is 0 Å². The quantitative estimate of drug-likeness (QED) is 0.301. The number of anilines is 1. The highest BCUT2D eigenvalue weighted by Crippen LogP contribution is 2.27. The maximum Gasteiger partial charge on any atom is 0.319 e. The van der Waals surface area contributed by atoms with E-state index in [0.29, 0.717) is 11.1 Å². The largest absolute Gasteiger partial charge is 0.357 e. The number of nitrogen functional groups attached to an aromatic ring is 1. The van der Waals surface area contributed by atoms with Crippen molar-refractivity contribution in [2.75, 3.05) is 5.73 Å². The molecule has 3 aromatic heterocycles. The van der Waals surface area contributed by atoms with E-state index in [1.54, 1.807) is 33.6 Å². The van der Waals surface area contributed by atoms with Crippen molar-refractivity contribution in [3.05, 3.63) is 119 Å². The lowest BCUT2D eigenvalue weighted by Gasteiger charge is -2.21. The predicted molar refractivity (Wildman–Crippen MR) is 138 cm³/mol. The minimum Gasteiger partial charge on any atom is -0.357 e. The van der Waals surface area contributed by atoms with E-state index < -0.39 is 11.9 Å². The van der Waals surface area contributed by atoms with Gasteiger partial charge < -0.3 is 11.1 Å². The molecule has 8 nitrogen and oxygen atoms in total. The lowest BCUT2D eigenvalue weighted by atomic mass is 10.0. The van der Waals surface area contributed by atoms with Crippen LogP contribution in [0.5, 0.6) is 0 Å². The summed E-state index contributed by atoms with van der Waals surface area (Å²) in [7, 11) is 0. The van der Waals surface area contributed by atoms with E-state index >= 15 is 0 Å². The molecule has 0 saturated heterocycles. The van der Waals surface area contributed by atoms with Crippen LogP contribution in [0.4, 0.5) is 5.82 Å². The minimum atomic E-state index is -0.514. The number of nitrogens with one attached hydrogen (secondary N) is 1. The van der Waals surface area contributed by atoms with E-state index in [4.69, 9.17) is 5.73 Å². The van der Waals surface area contributed by atoms with Crippen LogP contribution < -0.4 is 21.1 Å². The Morgan fingerprint density at radius 1 is 0.972 bits per heavy atom. The third-order valence-corrected chi connectivity index (χ3v) is 6.42. The van der Waals surface area contributed by atoms with Crippen molar-refractivity contribution in [1.82, 2.24) is 19.6 Å². The summed E-state index contributed by atoms with van der Waals surface area (Å²) in [5.74, 6) is -0.279. The molecule has 0 spiro atoms. The zero-order chi connectivity index (χ0) is 24.8. The van der Waals surface area contributed by atoms with Gasteiger partial charge in [0.2, 0.25) is 0 Å². The van der Waals surface area contributed by atoms with Gasteiger partial charge in [0.05, 0.1) is 22.7 Å². The molecule has 0 radical (unpaired) electrons. The monoisotopic (exact) mass is 475 g/mol. The normalized spacial score (nSPS) is 12.2. The van der Waals surface area contributed by atoms with Crippen LogP contribution in [-0.4, -0.2) is 20.2 Å². The van der Waals surface area contributed by atoms with Crippen LogP contribution in [-0.2, 0) is 0 Å². The molecule has 3 N–H and O–H groups in total. The first-order valence-corrected chi connectivity index (χ1v) is 11.6. The zero-order valence-electron chi connectivity index (χ0n) is 19.5. The SMILES string of the molecule is C[C@H](NC(=O)c1c(N)nn2cccc[n+]12)c1cc2ccc3ccccc3c2c(=O)n1-c1ccccc1. The fourth-order valence-corrected chi connectivity index (χ4v) is 4.75. The van der Waals surface area contributed by atoms with Crippen molar-refractivity contribution >= 4 is 33.3 Å². The number of nitrogens with zero attached hydrogens (tertiary/aromatic N) is 4. The molecule has 0 aliphatic rings. The fraction of sp³-hybridized carbons (Fsp3) is 0.0714. The van der Waals surface area contributed by atoms with Gasteiger partial charge in [0, 0.05) is 11.4 Å². The average Bonchev–Trinajstić information content (AvgIpc) is 3.24. The standard InChI is InChI=1S/C28H22N6O2/c1-18(30-27(35)25-26(29)31-33-16-8-7-15-32(25)33)23-17-20-14-13-19-9-5-6-12-22(19)24(20)28(36)34(23)21-10-3-2-4-11-21/h2-18H,1H3,(H2-,29,30,31,35)/p+1/t18-/m0/s1. The Labute approximate surface area is 205 Å². The molecule has 0 unspecified atom stereocenters. The Morgan fingerprint density at radius 3 is 2.56 bits per heavy atom. The van der Waals surface area contributed by atoms with Crippen molar-refractivity contribution in [1.29, 1.82) is 0 Å². The number of aromatic nitrogens is 4. The highest BCUT2D eigenvalue weighted by atomic mass is 16.2. The van der Waals surface area contributed by atoms with Crippen molar-refractivity contribution in [2.24, 2.45) is 0 Å². The summed E-state index contributed by atoms with van der Waals surface area (Å²) in [5, 5.41) is 10.6. The number of benzene rings is 3. The van der Waals surface area contributed by atoms with Gasteiger partial charge in [-0.2, -0.15) is 0 Å². The maximum absolute atomic E-state index is 14.0. The van der Waals surface area contributed by atoms with Crippen LogP contribution in [0.1, 0.15) is 29.1 Å². The number of rotatable bonds is 4. The summed E-state index contributed by atoms with van der Waals surface area (Å²) in [4.78, 5) is 27.4. The highest BCUT2D eigenvalue weighted by molar-refractivity contribution is 6.07. The molecule has 0 saturated carbocycles. The molecule has 1 amide bonds. The second-order valence-electron chi connectivity index (χ2n) is 8.67. The number of carbonyl (C=O) groups excluding carboxylic acids is 1. The van der Waals surface area contributed by atoms with Crippen LogP contribution in [0.3, 0.4) is 0 Å². The van der Waals surface area contributed by atoms with Crippen LogP contribution in [0.25, 0.3) is 27.2 Å². The first kappa shape index (κ1) is 21.5. The average molecular weight is 476 g/mol. The first-order valence-electron chi connectivity index (χ1n) is 11.6. The van der Waals surface area contributed by atoms with Gasteiger partial charge in [-0.3, -0.25) is 14.2 Å². The summed E-state index contributed by atoms with van der Waals surface area (Å²) >= 11 is 0. The molecule has 3 aromatic carbocycles. The Bertz CT molecular complexity index is 1840. The lowest BCUT2D eigenvalue weighted by Crippen LogP contribution is -2.40. The van der Waals surface area contributed by atoms with Crippen molar-refractivity contribution < 1.29 is 9.31 Å². The Balaban J connectivity index is 1.52. The third-order valence-electron chi connectivity index (χ3n) is 6.42. The van der Waals surface area contributed by atoms with E-state index in [9.17, 15) is 9.59 Å². The second-order valence-corrected chi connectivity index (χ2v) is 8.67. The van der Waals surface area contributed by atoms with E-state index in [-0.39, 0.29) is 17.1 Å². The summed E-state index contributed by atoms with van der Waals surface area (Å²) in [6.45, 7) is 1.85. The van der Waals surface area contributed by atoms with Crippen LogP contribution in [0.15, 0.2) is 102 Å². The maximum atomic E-state index is 14.0. The number of fused-ring (bicyclic) bond motifs is 4. The zero-order valence-corrected chi connectivity index (χ0v) is 19.5. The molecule has 8 heteroatoms. The number of pyridine rings is 1. The minimum absolute atomic E-state index is 0.112. The number of carbonyl (C=O) groups is 1. The first-order chi connectivity index (χ1) is 17.5. The van der Waals surface area contributed by atoms with Crippen molar-refractivity contribution in [3.63, 3.8) is 0 Å². The summed E-state index contributed by atoms with van der Waals surface area (Å²) < 4.78 is 4.75. The van der Waals surface area contributed by atoms with Gasteiger partial charge in [-0.1, -0.05) is 54.6 Å². The molecule has 36 heavy (non-hydrogen) atoms. The Morgan fingerprint density at radius 2 is 1.72 bits per heavy atom. The molecule has 1 atom stereocenters. The topological polar surface area (TPSA) is 98.5 Å². The van der Waals surface area contributed by atoms with E-state index in [1.807, 2.05) is 79.7 Å². The summed E-state index contributed by atoms with van der Waals surface area (Å²) in [5.41, 5.74) is 7.53. The highest BCUT2D eigenvalue weighted by Gasteiger charge is 2.28. The van der Waals surface area contributed by atoms with Crippen molar-refractivity contribution in [2.45, 2.75) is 13.0 Å². The van der Waals surface area contributed by atoms with Gasteiger partial charge in [-0.05, 0) is 58.0 Å². The van der Waals surface area contributed by atoms with Crippen LogP contribution in [0, 0.1) is 0 Å². The Hall–Kier alpha value is -4.98. The van der Waals surface area contributed by atoms with Gasteiger partial charge in [0.25, 0.3) is 11.3 Å². The molecule has 6 rings (SSSR count). The second kappa shape index (κ2) is 8.35. The predicted octanol–water partition coefficient (Wildman–Crippen LogP) is 3.45. The van der Waals surface area contributed by atoms with E-state index in [0.717, 1.165) is 21.8 Å². The number of hydrogen-bond donors (Lipinski definition) is 2. The summed E-state index contributed by atoms with van der Waals surface area (Å²) in [6.07, 6.45) is 3.42. The van der Waals surface area contributed by atoms with Gasteiger partial charge in [0.1, 0.15) is 6.20 Å². The van der Waals surface area contributed by atoms with Gasteiger partial charge >= 0.3 is 11.7 Å². The smallest absolute Gasteiger partial charge is 0.319 e. The number of para-hydroxylation sites is 1. The summed E-state index contributed by atoms with van der Waals surface area (Å²) in [6, 6.07) is 26.3. The molecule has 3 heterocycles. The number of amides is 1. The van der Waals surface area contributed by atoms with Crippen molar-refractivity contribution in [3.8, 4) is 5.69 Å². The van der Waals surface area contributed by atoms with E-state index in [1.165, 1.54) is 4.63 Å². The third kappa shape index (κ3) is 3.39. The van der Waals surface area contributed by atoms with Gasteiger partial charge in [-0.15, -0.1) is 4.52 Å². The lowest BCUT2D eigenvalue weighted by molar-refractivity contribution is -0.624. The molecule has 0 fully saturated rings. The van der Waals surface area contributed by atoms with Gasteiger partial charge in [0.15, 0.2) is 0 Å². The van der Waals surface area contributed by atoms with Crippen LogP contribution >= 0.6 is 0 Å².